The highest BCUT2D eigenvalue weighted by Crippen LogP contribution is 2.37. The van der Waals surface area contributed by atoms with Crippen molar-refractivity contribution in [3.05, 3.63) is 79.6 Å². The van der Waals surface area contributed by atoms with E-state index in [2.05, 4.69) is 92.3 Å². The van der Waals surface area contributed by atoms with Gasteiger partial charge in [0, 0.05) is 47.7 Å². The summed E-state index contributed by atoms with van der Waals surface area (Å²) in [5, 5.41) is 8.47. The second kappa shape index (κ2) is 7.85. The lowest BCUT2D eigenvalue weighted by Crippen LogP contribution is -2.41. The summed E-state index contributed by atoms with van der Waals surface area (Å²) in [7, 11) is 0. The number of nitrogens with one attached hydrogen (secondary N) is 1. The number of benzene rings is 1. The Bertz CT molecular complexity index is 1420. The molecule has 4 heterocycles. The summed E-state index contributed by atoms with van der Waals surface area (Å²) in [6.45, 7) is 4.38. The molecule has 1 aliphatic rings. The lowest BCUT2D eigenvalue weighted by Gasteiger charge is -2.10. The molecule has 0 saturated heterocycles. The van der Waals surface area contributed by atoms with Gasteiger partial charge in [0.25, 0.3) is 0 Å². The largest absolute Gasteiger partial charge is 0.344 e. The number of hydrogen-bond donors (Lipinski definition) is 1. The topological polar surface area (TPSA) is 64.4 Å². The molecule has 0 amide bonds. The third-order valence-electron chi connectivity index (χ3n) is 6.18. The third kappa shape index (κ3) is 3.75. The van der Waals surface area contributed by atoms with Crippen LogP contribution in [-0.4, -0.2) is 24.3 Å². The van der Waals surface area contributed by atoms with Crippen LogP contribution in [0.2, 0.25) is 0 Å². The van der Waals surface area contributed by atoms with Gasteiger partial charge in [-0.25, -0.2) is 0 Å². The van der Waals surface area contributed by atoms with E-state index in [9.17, 15) is 0 Å². The molecule has 1 aromatic carbocycles. The van der Waals surface area contributed by atoms with Gasteiger partial charge in [-0.05, 0) is 56.5 Å². The highest BCUT2D eigenvalue weighted by molar-refractivity contribution is 5.81. The molecule has 0 bridgehead atoms. The number of anilines is 1. The summed E-state index contributed by atoms with van der Waals surface area (Å²) < 4.78 is 6.40. The van der Waals surface area contributed by atoms with Crippen molar-refractivity contribution in [2.24, 2.45) is 0 Å². The molecule has 7 heteroatoms. The van der Waals surface area contributed by atoms with Crippen molar-refractivity contribution in [2.75, 3.05) is 5.43 Å². The molecular formula is C26H26N7+. The Balaban J connectivity index is 1.24. The summed E-state index contributed by atoms with van der Waals surface area (Å²) in [6, 6.07) is 17.7. The lowest BCUT2D eigenvalue weighted by molar-refractivity contribution is -0.642. The van der Waals surface area contributed by atoms with Crippen LogP contribution >= 0.6 is 0 Å². The van der Waals surface area contributed by atoms with E-state index in [0.717, 1.165) is 39.2 Å². The number of pyridine rings is 2. The average Bonchev–Trinajstić information content (AvgIpc) is 3.39. The van der Waals surface area contributed by atoms with Crippen LogP contribution in [-0.2, 0) is 0 Å². The zero-order valence-electron chi connectivity index (χ0n) is 18.8. The minimum absolute atomic E-state index is 0.399. The normalized spacial score (nSPS) is 13.7. The first-order chi connectivity index (χ1) is 16.2. The minimum atomic E-state index is 0.399. The van der Waals surface area contributed by atoms with Crippen molar-refractivity contribution in [1.82, 2.24) is 24.3 Å². The monoisotopic (exact) mass is 436 g/mol. The fraction of sp³-hybridized carbons (Fsp3) is 0.231. The van der Waals surface area contributed by atoms with Gasteiger partial charge in [0.15, 0.2) is 18.2 Å². The summed E-state index contributed by atoms with van der Waals surface area (Å²) in [5.41, 5.74) is 9.92. The smallest absolute Gasteiger partial charge is 0.200 e. The Hall–Kier alpha value is -4.00. The van der Waals surface area contributed by atoms with E-state index in [-0.39, 0.29) is 0 Å². The Morgan fingerprint density at radius 3 is 2.64 bits per heavy atom. The molecule has 0 unspecified atom stereocenters. The van der Waals surface area contributed by atoms with E-state index >= 15 is 0 Å². The van der Waals surface area contributed by atoms with Crippen LogP contribution in [0, 0.1) is 0 Å². The van der Waals surface area contributed by atoms with E-state index in [1.807, 2.05) is 35.7 Å². The summed E-state index contributed by atoms with van der Waals surface area (Å²) in [4.78, 5) is 4.65. The van der Waals surface area contributed by atoms with Crippen molar-refractivity contribution in [3.8, 4) is 22.5 Å². The molecule has 1 saturated carbocycles. The Kier molecular flexibility index (Phi) is 4.68. The predicted molar refractivity (Wildman–Crippen MR) is 128 cm³/mol. The van der Waals surface area contributed by atoms with Crippen LogP contribution < -0.4 is 10.1 Å². The van der Waals surface area contributed by atoms with Gasteiger partial charge in [0.1, 0.15) is 6.33 Å². The minimum Gasteiger partial charge on any atom is -0.344 e. The van der Waals surface area contributed by atoms with E-state index in [1.165, 1.54) is 12.8 Å². The van der Waals surface area contributed by atoms with Gasteiger partial charge >= 0.3 is 0 Å². The molecule has 0 radical (unpaired) electrons. The van der Waals surface area contributed by atoms with Crippen LogP contribution in [0.5, 0.6) is 0 Å². The zero-order chi connectivity index (χ0) is 22.4. The fourth-order valence-electron chi connectivity index (χ4n) is 4.28. The van der Waals surface area contributed by atoms with Crippen molar-refractivity contribution >= 4 is 16.7 Å². The van der Waals surface area contributed by atoms with Gasteiger partial charge in [-0.1, -0.05) is 16.8 Å². The van der Waals surface area contributed by atoms with Crippen molar-refractivity contribution < 1.29 is 4.68 Å². The highest BCUT2D eigenvalue weighted by atomic mass is 15.4. The molecule has 5 aromatic rings. The van der Waals surface area contributed by atoms with Crippen molar-refractivity contribution in [1.29, 1.82) is 0 Å². The van der Waals surface area contributed by atoms with E-state index < -0.39 is 0 Å². The van der Waals surface area contributed by atoms with Crippen molar-refractivity contribution in [3.63, 3.8) is 0 Å². The molecule has 0 aliphatic heterocycles. The standard InChI is InChI=1S/C26H26N7/c1-18(2)32-13-10-24-25(32)15-21(16-27-24)19-8-11-31(12-9-19)30-22-5-3-4-20(14-22)26-29-28-17-33(26)23-6-7-23/h3-5,8-18,23,30H,6-7H2,1-2H3/q+1. The molecule has 33 heavy (non-hydrogen) atoms. The van der Waals surface area contributed by atoms with Crippen molar-refractivity contribution in [2.45, 2.75) is 38.8 Å². The Morgan fingerprint density at radius 1 is 1.00 bits per heavy atom. The van der Waals surface area contributed by atoms with Gasteiger partial charge in [-0.3, -0.25) is 4.98 Å². The molecule has 7 nitrogen and oxygen atoms in total. The van der Waals surface area contributed by atoms with Gasteiger partial charge in [0.2, 0.25) is 0 Å². The summed E-state index contributed by atoms with van der Waals surface area (Å²) >= 11 is 0. The van der Waals surface area contributed by atoms with Crippen LogP contribution in [0.4, 0.5) is 5.69 Å². The molecule has 1 N–H and O–H groups in total. The van der Waals surface area contributed by atoms with Gasteiger partial charge in [-0.2, -0.15) is 5.43 Å². The maximum atomic E-state index is 4.65. The Labute approximate surface area is 192 Å². The second-order valence-electron chi connectivity index (χ2n) is 8.92. The highest BCUT2D eigenvalue weighted by Gasteiger charge is 2.26. The Morgan fingerprint density at radius 2 is 1.85 bits per heavy atom. The molecule has 6 rings (SSSR count). The molecule has 4 aromatic heterocycles. The lowest BCUT2D eigenvalue weighted by atomic mass is 10.1. The maximum Gasteiger partial charge on any atom is 0.200 e. The van der Waals surface area contributed by atoms with Crippen LogP contribution in [0.1, 0.15) is 38.8 Å². The SMILES string of the molecule is CC(C)n1ccc2ncc(-c3cc[n+](Nc4cccc(-c5nncn5C5CC5)c4)cc3)cc21. The van der Waals surface area contributed by atoms with Crippen LogP contribution in [0.3, 0.4) is 0 Å². The van der Waals surface area contributed by atoms with Gasteiger partial charge in [-0.15, -0.1) is 10.2 Å². The molecule has 0 spiro atoms. The molecule has 1 aliphatic carbocycles. The number of hydrogen-bond acceptors (Lipinski definition) is 4. The summed E-state index contributed by atoms with van der Waals surface area (Å²) in [6.07, 6.45) is 12.4. The van der Waals surface area contributed by atoms with Crippen LogP contribution in [0.15, 0.2) is 79.6 Å². The first-order valence-corrected chi connectivity index (χ1v) is 11.4. The molecule has 164 valence electrons. The predicted octanol–water partition coefficient (Wildman–Crippen LogP) is 5.04. The fourth-order valence-corrected chi connectivity index (χ4v) is 4.28. The number of aromatic nitrogens is 6. The molecule has 1 fully saturated rings. The second-order valence-corrected chi connectivity index (χ2v) is 8.92. The number of nitrogens with zero attached hydrogens (tertiary/aromatic N) is 6. The number of fused-ring (bicyclic) bond motifs is 1. The third-order valence-corrected chi connectivity index (χ3v) is 6.18. The first-order valence-electron chi connectivity index (χ1n) is 11.4. The molecular weight excluding hydrogens is 410 g/mol. The maximum absolute atomic E-state index is 4.65. The quantitative estimate of drug-likeness (QED) is 0.379. The number of rotatable bonds is 6. The van der Waals surface area contributed by atoms with Gasteiger partial charge < -0.3 is 9.13 Å². The van der Waals surface area contributed by atoms with E-state index in [1.54, 1.807) is 0 Å². The van der Waals surface area contributed by atoms with Gasteiger partial charge in [0.05, 0.1) is 16.7 Å². The van der Waals surface area contributed by atoms with E-state index in [0.29, 0.717) is 12.1 Å². The average molecular weight is 437 g/mol. The van der Waals surface area contributed by atoms with Crippen LogP contribution in [0.25, 0.3) is 33.5 Å². The molecule has 0 atom stereocenters. The zero-order valence-corrected chi connectivity index (χ0v) is 18.8. The van der Waals surface area contributed by atoms with E-state index in [4.69, 9.17) is 0 Å². The summed E-state index contributed by atoms with van der Waals surface area (Å²) in [5.74, 6) is 0.926. The first kappa shape index (κ1) is 19.7.